The fourth-order valence-corrected chi connectivity index (χ4v) is 2.37. The van der Waals surface area contributed by atoms with E-state index in [1.165, 1.54) is 12.8 Å². The maximum absolute atomic E-state index is 5.85. The van der Waals surface area contributed by atoms with Gasteiger partial charge in [0.2, 0.25) is 5.88 Å². The van der Waals surface area contributed by atoms with Crippen molar-refractivity contribution < 1.29 is 4.74 Å². The van der Waals surface area contributed by atoms with E-state index >= 15 is 0 Å². The number of hydrogen-bond acceptors (Lipinski definition) is 4. The number of fused-ring (bicyclic) bond motifs is 1. The first kappa shape index (κ1) is 11.4. The predicted octanol–water partition coefficient (Wildman–Crippen LogP) is 2.01. The van der Waals surface area contributed by atoms with Gasteiger partial charge in [-0.3, -0.25) is 0 Å². The summed E-state index contributed by atoms with van der Waals surface area (Å²) in [6, 6.07) is 8.05. The summed E-state index contributed by atoms with van der Waals surface area (Å²) in [7, 11) is 0. The molecule has 1 aliphatic rings. The first-order valence-corrected chi connectivity index (χ1v) is 6.47. The van der Waals surface area contributed by atoms with Gasteiger partial charge in [0.15, 0.2) is 0 Å². The lowest BCUT2D eigenvalue weighted by Crippen LogP contribution is -2.33. The van der Waals surface area contributed by atoms with E-state index < -0.39 is 0 Å². The number of aromatic nitrogens is 2. The van der Waals surface area contributed by atoms with Crippen molar-refractivity contribution in [2.75, 3.05) is 19.7 Å². The second-order valence-electron chi connectivity index (χ2n) is 4.76. The molecule has 0 aliphatic carbocycles. The van der Waals surface area contributed by atoms with Crippen molar-refractivity contribution in [3.63, 3.8) is 0 Å². The molecule has 94 valence electrons. The van der Waals surface area contributed by atoms with E-state index in [4.69, 9.17) is 4.74 Å². The summed E-state index contributed by atoms with van der Waals surface area (Å²) in [6.07, 6.45) is 4.23. The second-order valence-corrected chi connectivity index (χ2v) is 4.76. The number of benzene rings is 1. The first-order chi connectivity index (χ1) is 8.93. The Morgan fingerprint density at radius 2 is 2.28 bits per heavy atom. The van der Waals surface area contributed by atoms with Crippen molar-refractivity contribution in [1.82, 2.24) is 15.5 Å². The highest BCUT2D eigenvalue weighted by atomic mass is 16.5. The summed E-state index contributed by atoms with van der Waals surface area (Å²) < 4.78 is 5.85. The highest BCUT2D eigenvalue weighted by molar-refractivity contribution is 5.85. The van der Waals surface area contributed by atoms with E-state index in [-0.39, 0.29) is 0 Å². The minimum atomic E-state index is 0.583. The van der Waals surface area contributed by atoms with Crippen molar-refractivity contribution in [3.8, 4) is 5.88 Å². The second kappa shape index (κ2) is 5.31. The van der Waals surface area contributed by atoms with Crippen molar-refractivity contribution >= 4 is 10.8 Å². The Morgan fingerprint density at radius 3 is 3.17 bits per heavy atom. The zero-order valence-electron chi connectivity index (χ0n) is 10.3. The van der Waals surface area contributed by atoms with Gasteiger partial charge in [-0.2, -0.15) is 5.10 Å². The third-order valence-electron chi connectivity index (χ3n) is 3.39. The Bertz CT molecular complexity index is 518. The van der Waals surface area contributed by atoms with Gasteiger partial charge in [-0.1, -0.05) is 18.2 Å². The minimum absolute atomic E-state index is 0.583. The molecule has 1 saturated heterocycles. The lowest BCUT2D eigenvalue weighted by Gasteiger charge is -2.22. The van der Waals surface area contributed by atoms with Crippen LogP contribution >= 0.6 is 0 Å². The van der Waals surface area contributed by atoms with Crippen molar-refractivity contribution in [3.05, 3.63) is 30.5 Å². The van der Waals surface area contributed by atoms with E-state index in [1.54, 1.807) is 6.20 Å². The molecule has 0 spiro atoms. The van der Waals surface area contributed by atoms with Gasteiger partial charge in [-0.25, -0.2) is 0 Å². The number of rotatable bonds is 3. The zero-order chi connectivity index (χ0) is 12.2. The van der Waals surface area contributed by atoms with Crippen LogP contribution in [0.25, 0.3) is 10.8 Å². The summed E-state index contributed by atoms with van der Waals surface area (Å²) >= 11 is 0. The van der Waals surface area contributed by atoms with Gasteiger partial charge >= 0.3 is 0 Å². The summed E-state index contributed by atoms with van der Waals surface area (Å²) in [5, 5.41) is 13.6. The minimum Gasteiger partial charge on any atom is -0.476 e. The molecule has 1 unspecified atom stereocenters. The van der Waals surface area contributed by atoms with E-state index in [2.05, 4.69) is 15.5 Å². The van der Waals surface area contributed by atoms with E-state index in [9.17, 15) is 0 Å². The van der Waals surface area contributed by atoms with Crippen molar-refractivity contribution in [2.24, 2.45) is 5.92 Å². The van der Waals surface area contributed by atoms with Crippen LogP contribution < -0.4 is 10.1 Å². The Hall–Kier alpha value is -1.68. The first-order valence-electron chi connectivity index (χ1n) is 6.47. The molecule has 0 amide bonds. The maximum atomic E-state index is 5.85. The van der Waals surface area contributed by atoms with E-state index in [1.807, 2.05) is 24.3 Å². The molecule has 0 bridgehead atoms. The van der Waals surface area contributed by atoms with Gasteiger partial charge in [0.05, 0.1) is 12.8 Å². The normalized spacial score (nSPS) is 19.9. The average molecular weight is 243 g/mol. The fraction of sp³-hybridized carbons (Fsp3) is 0.429. The summed E-state index contributed by atoms with van der Waals surface area (Å²) in [5.41, 5.74) is 0. The van der Waals surface area contributed by atoms with Gasteiger partial charge in [0, 0.05) is 23.2 Å². The third-order valence-corrected chi connectivity index (χ3v) is 3.39. The van der Waals surface area contributed by atoms with Crippen LogP contribution in [0.3, 0.4) is 0 Å². The monoisotopic (exact) mass is 243 g/mol. The van der Waals surface area contributed by atoms with Crippen LogP contribution in [0, 0.1) is 5.92 Å². The predicted molar refractivity (Wildman–Crippen MR) is 70.6 cm³/mol. The van der Waals surface area contributed by atoms with Crippen LogP contribution in [-0.2, 0) is 0 Å². The molecule has 1 aliphatic heterocycles. The van der Waals surface area contributed by atoms with Crippen LogP contribution in [-0.4, -0.2) is 29.9 Å². The topological polar surface area (TPSA) is 47.0 Å². The van der Waals surface area contributed by atoms with Crippen LogP contribution in [0.2, 0.25) is 0 Å². The lowest BCUT2D eigenvalue weighted by atomic mass is 10.0. The molecule has 4 heteroatoms. The molecule has 1 aromatic heterocycles. The smallest absolute Gasteiger partial charge is 0.241 e. The Morgan fingerprint density at radius 1 is 1.33 bits per heavy atom. The molecule has 18 heavy (non-hydrogen) atoms. The van der Waals surface area contributed by atoms with Crippen LogP contribution in [0.1, 0.15) is 12.8 Å². The quantitative estimate of drug-likeness (QED) is 0.895. The molecular formula is C14H17N3O. The molecule has 0 saturated carbocycles. The standard InChI is InChI=1S/C14H17N3O/c1-2-6-13-12(5-1)9-16-17-14(13)18-10-11-4-3-7-15-8-11/h1-2,5-6,9,11,15H,3-4,7-8,10H2. The SMILES string of the molecule is c1ccc2c(OCC3CCCNC3)nncc2c1. The van der Waals surface area contributed by atoms with Gasteiger partial charge < -0.3 is 10.1 Å². The molecule has 2 heterocycles. The average Bonchev–Trinajstić information content (AvgIpc) is 2.46. The zero-order valence-corrected chi connectivity index (χ0v) is 10.3. The molecule has 1 fully saturated rings. The number of nitrogens with zero attached hydrogens (tertiary/aromatic N) is 2. The van der Waals surface area contributed by atoms with Crippen LogP contribution in [0.4, 0.5) is 0 Å². The molecule has 1 N–H and O–H groups in total. The van der Waals surface area contributed by atoms with Gasteiger partial charge in [-0.15, -0.1) is 5.10 Å². The van der Waals surface area contributed by atoms with Crippen LogP contribution in [0.5, 0.6) is 5.88 Å². The van der Waals surface area contributed by atoms with Crippen molar-refractivity contribution in [2.45, 2.75) is 12.8 Å². The summed E-state index contributed by atoms with van der Waals surface area (Å²) in [6.45, 7) is 2.89. The molecular weight excluding hydrogens is 226 g/mol. The fourth-order valence-electron chi connectivity index (χ4n) is 2.37. The number of piperidine rings is 1. The van der Waals surface area contributed by atoms with E-state index in [0.29, 0.717) is 11.8 Å². The van der Waals surface area contributed by atoms with Gasteiger partial charge in [-0.05, 0) is 25.5 Å². The number of ether oxygens (including phenoxy) is 1. The maximum Gasteiger partial charge on any atom is 0.241 e. The highest BCUT2D eigenvalue weighted by Crippen LogP contribution is 2.22. The Kier molecular flexibility index (Phi) is 3.37. The molecule has 1 aromatic carbocycles. The van der Waals surface area contributed by atoms with Crippen molar-refractivity contribution in [1.29, 1.82) is 0 Å². The number of nitrogens with one attached hydrogen (secondary N) is 1. The summed E-state index contributed by atoms with van der Waals surface area (Å²) in [5.74, 6) is 1.23. The molecule has 2 aromatic rings. The molecule has 4 nitrogen and oxygen atoms in total. The highest BCUT2D eigenvalue weighted by Gasteiger charge is 2.14. The Balaban J connectivity index is 1.74. The molecule has 1 atom stereocenters. The lowest BCUT2D eigenvalue weighted by molar-refractivity contribution is 0.213. The number of hydrogen-bond donors (Lipinski definition) is 1. The molecule has 0 radical (unpaired) electrons. The van der Waals surface area contributed by atoms with Gasteiger partial charge in [0.1, 0.15) is 0 Å². The molecule has 3 rings (SSSR count). The van der Waals surface area contributed by atoms with E-state index in [0.717, 1.165) is 30.5 Å². The Labute approximate surface area is 106 Å². The van der Waals surface area contributed by atoms with Gasteiger partial charge in [0.25, 0.3) is 0 Å². The largest absolute Gasteiger partial charge is 0.476 e. The third kappa shape index (κ3) is 2.43. The van der Waals surface area contributed by atoms with Crippen LogP contribution in [0.15, 0.2) is 30.5 Å². The summed E-state index contributed by atoms with van der Waals surface area (Å²) in [4.78, 5) is 0.